The van der Waals surface area contributed by atoms with Crippen LogP contribution in [0.2, 0.25) is 5.02 Å². The van der Waals surface area contributed by atoms with Gasteiger partial charge in [-0.2, -0.15) is 5.10 Å². The molecule has 3 aromatic rings. The van der Waals surface area contributed by atoms with Gasteiger partial charge < -0.3 is 0 Å². The molecule has 6 nitrogen and oxygen atoms in total. The van der Waals surface area contributed by atoms with Crippen molar-refractivity contribution < 1.29 is 13.2 Å². The summed E-state index contributed by atoms with van der Waals surface area (Å²) < 4.78 is 27.7. The smallest absolute Gasteiger partial charge is 0.264 e. The van der Waals surface area contributed by atoms with Crippen LogP contribution in [-0.4, -0.2) is 27.1 Å². The van der Waals surface area contributed by atoms with Gasteiger partial charge in [0.25, 0.3) is 10.0 Å². The standard InChI is InChI=1S/C23H22ClN3O3S/c1-18-6-5-7-21(16-18)27(31(29,30)22-8-3-2-4-9-22)15-14-23(28)26-25-17-19-10-12-20(24)13-11-19/h2-13,16-17H,14-15H2,1H3,(H,26,28)/b25-17+. The van der Waals surface area contributed by atoms with E-state index in [1.165, 1.54) is 22.7 Å². The monoisotopic (exact) mass is 455 g/mol. The Morgan fingerprint density at radius 2 is 1.74 bits per heavy atom. The second-order valence-electron chi connectivity index (χ2n) is 6.82. The van der Waals surface area contributed by atoms with Gasteiger partial charge in [0.1, 0.15) is 0 Å². The minimum atomic E-state index is -3.83. The lowest BCUT2D eigenvalue weighted by atomic mass is 10.2. The second kappa shape index (κ2) is 10.2. The van der Waals surface area contributed by atoms with Crippen LogP contribution in [0, 0.1) is 6.92 Å². The van der Waals surface area contributed by atoms with E-state index < -0.39 is 15.9 Å². The Hall–Kier alpha value is -3.16. The number of amides is 1. The third kappa shape index (κ3) is 6.16. The number of nitrogens with one attached hydrogen (secondary N) is 1. The molecule has 160 valence electrons. The van der Waals surface area contributed by atoms with E-state index in [9.17, 15) is 13.2 Å². The van der Waals surface area contributed by atoms with E-state index in [1.54, 1.807) is 60.7 Å². The van der Waals surface area contributed by atoms with Gasteiger partial charge in [-0.15, -0.1) is 0 Å². The SMILES string of the molecule is Cc1cccc(N(CCC(=O)N/N=C/c2ccc(Cl)cc2)S(=O)(=O)c2ccccc2)c1. The highest BCUT2D eigenvalue weighted by molar-refractivity contribution is 7.92. The lowest BCUT2D eigenvalue weighted by molar-refractivity contribution is -0.120. The van der Waals surface area contributed by atoms with Crippen molar-refractivity contribution in [2.45, 2.75) is 18.2 Å². The van der Waals surface area contributed by atoms with Crippen LogP contribution in [0.25, 0.3) is 0 Å². The normalized spacial score (nSPS) is 11.4. The van der Waals surface area contributed by atoms with E-state index in [0.717, 1.165) is 11.1 Å². The average Bonchev–Trinajstić information content (AvgIpc) is 2.76. The summed E-state index contributed by atoms with van der Waals surface area (Å²) in [5, 5.41) is 4.53. The van der Waals surface area contributed by atoms with Gasteiger partial charge in [-0.3, -0.25) is 9.10 Å². The Kier molecular flexibility index (Phi) is 7.44. The molecule has 0 unspecified atom stereocenters. The molecule has 31 heavy (non-hydrogen) atoms. The lowest BCUT2D eigenvalue weighted by Gasteiger charge is -2.24. The van der Waals surface area contributed by atoms with Gasteiger partial charge >= 0.3 is 0 Å². The predicted molar refractivity (Wildman–Crippen MR) is 124 cm³/mol. The number of hydrogen-bond donors (Lipinski definition) is 1. The summed E-state index contributed by atoms with van der Waals surface area (Å²) >= 11 is 5.84. The van der Waals surface area contributed by atoms with Crippen molar-refractivity contribution in [3.8, 4) is 0 Å². The quantitative estimate of drug-likeness (QED) is 0.404. The molecule has 0 saturated heterocycles. The molecule has 0 atom stereocenters. The van der Waals surface area contributed by atoms with E-state index in [2.05, 4.69) is 10.5 Å². The summed E-state index contributed by atoms with van der Waals surface area (Å²) in [7, 11) is -3.83. The molecule has 0 heterocycles. The van der Waals surface area contributed by atoms with Gasteiger partial charge in [-0.25, -0.2) is 13.8 Å². The van der Waals surface area contributed by atoms with Crippen LogP contribution >= 0.6 is 11.6 Å². The third-order valence-electron chi connectivity index (χ3n) is 4.44. The van der Waals surface area contributed by atoms with Crippen LogP contribution < -0.4 is 9.73 Å². The molecule has 0 saturated carbocycles. The van der Waals surface area contributed by atoms with Gasteiger partial charge in [0.15, 0.2) is 0 Å². The number of aryl methyl sites for hydroxylation is 1. The van der Waals surface area contributed by atoms with Crippen molar-refractivity contribution in [1.82, 2.24) is 5.43 Å². The molecule has 1 N–H and O–H groups in total. The number of sulfonamides is 1. The molecule has 0 radical (unpaired) electrons. The first kappa shape index (κ1) is 22.5. The van der Waals surface area contributed by atoms with E-state index in [0.29, 0.717) is 10.7 Å². The maximum absolute atomic E-state index is 13.2. The molecule has 8 heteroatoms. The Morgan fingerprint density at radius 3 is 2.42 bits per heavy atom. The molecule has 1 amide bonds. The Bertz CT molecular complexity index is 1160. The van der Waals surface area contributed by atoms with Crippen LogP contribution in [0.15, 0.2) is 88.9 Å². The molecule has 3 rings (SSSR count). The zero-order chi connectivity index (χ0) is 22.3. The highest BCUT2D eigenvalue weighted by Gasteiger charge is 2.25. The number of carbonyl (C=O) groups excluding carboxylic acids is 1. The van der Waals surface area contributed by atoms with Crippen molar-refractivity contribution in [1.29, 1.82) is 0 Å². The molecule has 0 spiro atoms. The molecular formula is C23H22ClN3O3S. The number of benzene rings is 3. The van der Waals surface area contributed by atoms with Gasteiger partial charge in [-0.1, -0.05) is 54.1 Å². The summed E-state index contributed by atoms with van der Waals surface area (Å²) in [4.78, 5) is 12.5. The van der Waals surface area contributed by atoms with E-state index in [4.69, 9.17) is 11.6 Å². The zero-order valence-electron chi connectivity index (χ0n) is 16.9. The molecule has 3 aromatic carbocycles. The minimum absolute atomic E-state index is 0.0248. The van der Waals surface area contributed by atoms with Gasteiger partial charge in [0.05, 0.1) is 16.8 Å². The van der Waals surface area contributed by atoms with Crippen LogP contribution in [0.4, 0.5) is 5.69 Å². The number of nitrogens with zero attached hydrogens (tertiary/aromatic N) is 2. The highest BCUT2D eigenvalue weighted by Crippen LogP contribution is 2.24. The first-order valence-corrected chi connectivity index (χ1v) is 11.4. The van der Waals surface area contributed by atoms with Crippen molar-refractivity contribution in [3.63, 3.8) is 0 Å². The fourth-order valence-electron chi connectivity index (χ4n) is 2.88. The minimum Gasteiger partial charge on any atom is -0.273 e. The van der Waals surface area contributed by atoms with Crippen molar-refractivity contribution >= 4 is 39.4 Å². The Balaban J connectivity index is 1.73. The number of rotatable bonds is 8. The number of hydrazone groups is 1. The van der Waals surface area contributed by atoms with Crippen LogP contribution in [0.1, 0.15) is 17.5 Å². The molecule has 0 aliphatic heterocycles. The third-order valence-corrected chi connectivity index (χ3v) is 6.53. The summed E-state index contributed by atoms with van der Waals surface area (Å²) in [6.07, 6.45) is 1.44. The molecule has 0 aromatic heterocycles. The van der Waals surface area contributed by atoms with E-state index in [-0.39, 0.29) is 17.9 Å². The highest BCUT2D eigenvalue weighted by atomic mass is 35.5. The first-order valence-electron chi connectivity index (χ1n) is 9.58. The number of halogens is 1. The van der Waals surface area contributed by atoms with Crippen LogP contribution in [-0.2, 0) is 14.8 Å². The van der Waals surface area contributed by atoms with Crippen molar-refractivity contribution in [2.24, 2.45) is 5.10 Å². The second-order valence-corrected chi connectivity index (χ2v) is 9.12. The van der Waals surface area contributed by atoms with Gasteiger partial charge in [0.2, 0.25) is 5.91 Å². The molecule has 0 bridgehead atoms. The largest absolute Gasteiger partial charge is 0.273 e. The van der Waals surface area contributed by atoms with Crippen molar-refractivity contribution in [3.05, 3.63) is 95.0 Å². The molecule has 0 fully saturated rings. The molecule has 0 aliphatic carbocycles. The summed E-state index contributed by atoms with van der Waals surface area (Å²) in [6.45, 7) is 1.86. The Labute approximate surface area is 187 Å². The van der Waals surface area contributed by atoms with Crippen molar-refractivity contribution in [2.75, 3.05) is 10.8 Å². The van der Waals surface area contributed by atoms with Gasteiger partial charge in [-0.05, 0) is 54.4 Å². The Morgan fingerprint density at radius 1 is 1.03 bits per heavy atom. The first-order chi connectivity index (χ1) is 14.9. The fraction of sp³-hybridized carbons (Fsp3) is 0.130. The maximum Gasteiger partial charge on any atom is 0.264 e. The number of carbonyl (C=O) groups is 1. The summed E-state index contributed by atoms with van der Waals surface area (Å²) in [5.41, 5.74) is 4.63. The van der Waals surface area contributed by atoms with E-state index >= 15 is 0 Å². The maximum atomic E-state index is 13.2. The predicted octanol–water partition coefficient (Wildman–Crippen LogP) is 4.38. The van der Waals surface area contributed by atoms with Gasteiger partial charge in [0, 0.05) is 18.0 Å². The zero-order valence-corrected chi connectivity index (χ0v) is 18.5. The number of hydrogen-bond acceptors (Lipinski definition) is 4. The number of anilines is 1. The average molecular weight is 456 g/mol. The van der Waals surface area contributed by atoms with Crippen LogP contribution in [0.5, 0.6) is 0 Å². The topological polar surface area (TPSA) is 78.8 Å². The van der Waals surface area contributed by atoms with Crippen LogP contribution in [0.3, 0.4) is 0 Å². The fourth-order valence-corrected chi connectivity index (χ4v) is 4.48. The lowest BCUT2D eigenvalue weighted by Crippen LogP contribution is -2.34. The molecule has 0 aliphatic rings. The molecular weight excluding hydrogens is 434 g/mol. The van der Waals surface area contributed by atoms with E-state index in [1.807, 2.05) is 13.0 Å². The summed E-state index contributed by atoms with van der Waals surface area (Å²) in [6, 6.07) is 22.3. The summed E-state index contributed by atoms with van der Waals surface area (Å²) in [5.74, 6) is -0.397.